The third-order valence-electron chi connectivity index (χ3n) is 1.01. The first kappa shape index (κ1) is 14.1. The Labute approximate surface area is 91.4 Å². The van der Waals surface area contributed by atoms with Gasteiger partial charge in [0.25, 0.3) is 0 Å². The Morgan fingerprint density at radius 2 is 2.17 bits per heavy atom. The molecule has 0 aliphatic rings. The Bertz CT molecular complexity index is 170. The van der Waals surface area contributed by atoms with E-state index in [-0.39, 0.29) is 24.0 Å². The van der Waals surface area contributed by atoms with Gasteiger partial charge in [-0.05, 0) is 13.8 Å². The maximum absolute atomic E-state index is 5.07. The van der Waals surface area contributed by atoms with Gasteiger partial charge in [0.15, 0.2) is 5.96 Å². The number of nitrogens with one attached hydrogen (secondary N) is 2. The molecule has 3 nitrogen and oxygen atoms in total. The van der Waals surface area contributed by atoms with E-state index in [1.165, 1.54) is 0 Å². The molecular formula is C8H16IN3. The molecule has 0 unspecified atom stereocenters. The molecule has 2 N–H and O–H groups in total. The van der Waals surface area contributed by atoms with Crippen LogP contribution in [0.3, 0.4) is 0 Å². The van der Waals surface area contributed by atoms with Gasteiger partial charge in [0.2, 0.25) is 0 Å². The van der Waals surface area contributed by atoms with E-state index >= 15 is 0 Å². The number of hydrogen-bond acceptors (Lipinski definition) is 1. The molecule has 0 saturated heterocycles. The SMILES string of the molecule is C#CCNC(=NC)NC(C)C.I. The van der Waals surface area contributed by atoms with Crippen LogP contribution in [0.15, 0.2) is 4.99 Å². The lowest BCUT2D eigenvalue weighted by molar-refractivity contribution is 0.710. The lowest BCUT2D eigenvalue weighted by Crippen LogP contribution is -2.41. The number of guanidine groups is 1. The maximum atomic E-state index is 5.07. The lowest BCUT2D eigenvalue weighted by Gasteiger charge is -2.12. The van der Waals surface area contributed by atoms with E-state index in [4.69, 9.17) is 6.42 Å². The van der Waals surface area contributed by atoms with E-state index in [1.54, 1.807) is 7.05 Å². The highest BCUT2D eigenvalue weighted by molar-refractivity contribution is 14.0. The van der Waals surface area contributed by atoms with E-state index in [0.717, 1.165) is 5.96 Å². The van der Waals surface area contributed by atoms with Crippen LogP contribution in [-0.4, -0.2) is 25.6 Å². The van der Waals surface area contributed by atoms with Crippen molar-refractivity contribution in [3.63, 3.8) is 0 Å². The van der Waals surface area contributed by atoms with Crippen molar-refractivity contribution in [3.8, 4) is 12.3 Å². The Kier molecular flexibility index (Phi) is 10.2. The summed E-state index contributed by atoms with van der Waals surface area (Å²) >= 11 is 0. The average Bonchev–Trinajstić information content (AvgIpc) is 1.97. The molecule has 12 heavy (non-hydrogen) atoms. The highest BCUT2D eigenvalue weighted by Gasteiger charge is 1.96. The van der Waals surface area contributed by atoms with Gasteiger partial charge in [-0.15, -0.1) is 30.4 Å². The van der Waals surface area contributed by atoms with Crippen LogP contribution >= 0.6 is 24.0 Å². The van der Waals surface area contributed by atoms with Gasteiger partial charge in [-0.1, -0.05) is 5.92 Å². The number of rotatable bonds is 2. The van der Waals surface area contributed by atoms with Gasteiger partial charge in [0.1, 0.15) is 0 Å². The first-order valence-electron chi connectivity index (χ1n) is 3.61. The summed E-state index contributed by atoms with van der Waals surface area (Å²) in [5.41, 5.74) is 0. The summed E-state index contributed by atoms with van der Waals surface area (Å²) in [6.45, 7) is 4.60. The van der Waals surface area contributed by atoms with Crippen molar-refractivity contribution in [1.82, 2.24) is 10.6 Å². The van der Waals surface area contributed by atoms with Crippen molar-refractivity contribution in [2.24, 2.45) is 4.99 Å². The first-order chi connectivity index (χ1) is 5.20. The second kappa shape index (κ2) is 8.65. The van der Waals surface area contributed by atoms with E-state index < -0.39 is 0 Å². The van der Waals surface area contributed by atoms with Crippen molar-refractivity contribution >= 4 is 29.9 Å². The van der Waals surface area contributed by atoms with Crippen LogP contribution in [0.25, 0.3) is 0 Å². The van der Waals surface area contributed by atoms with Crippen LogP contribution in [0.5, 0.6) is 0 Å². The van der Waals surface area contributed by atoms with E-state index in [2.05, 4.69) is 21.5 Å². The normalized spacial score (nSPS) is 10.1. The molecule has 0 bridgehead atoms. The van der Waals surface area contributed by atoms with Crippen LogP contribution in [0.1, 0.15) is 13.8 Å². The topological polar surface area (TPSA) is 36.4 Å². The zero-order valence-electron chi connectivity index (χ0n) is 7.72. The summed E-state index contributed by atoms with van der Waals surface area (Å²) in [5, 5.41) is 6.06. The summed E-state index contributed by atoms with van der Waals surface area (Å²) in [6.07, 6.45) is 5.07. The molecule has 0 atom stereocenters. The van der Waals surface area contributed by atoms with E-state index in [9.17, 15) is 0 Å². The molecule has 0 rings (SSSR count). The Morgan fingerprint density at radius 1 is 1.58 bits per heavy atom. The lowest BCUT2D eigenvalue weighted by atomic mass is 10.4. The highest BCUT2D eigenvalue weighted by atomic mass is 127. The third-order valence-corrected chi connectivity index (χ3v) is 1.01. The van der Waals surface area contributed by atoms with Crippen molar-refractivity contribution in [3.05, 3.63) is 0 Å². The number of aliphatic imine (C=N–C) groups is 1. The number of nitrogens with zero attached hydrogens (tertiary/aromatic N) is 1. The smallest absolute Gasteiger partial charge is 0.191 e. The van der Waals surface area contributed by atoms with E-state index in [1.807, 2.05) is 13.8 Å². The van der Waals surface area contributed by atoms with Gasteiger partial charge in [-0.3, -0.25) is 4.99 Å². The molecule has 70 valence electrons. The molecule has 0 fully saturated rings. The second-order valence-corrected chi connectivity index (χ2v) is 2.43. The van der Waals surface area contributed by atoms with Crippen molar-refractivity contribution in [1.29, 1.82) is 0 Å². The Hall–Kier alpha value is -0.440. The largest absolute Gasteiger partial charge is 0.354 e. The van der Waals surface area contributed by atoms with Gasteiger partial charge in [0.05, 0.1) is 6.54 Å². The molecule has 0 aliphatic carbocycles. The van der Waals surface area contributed by atoms with Crippen LogP contribution < -0.4 is 10.6 Å². The molecular weight excluding hydrogens is 265 g/mol. The van der Waals surface area contributed by atoms with Crippen molar-refractivity contribution in [2.75, 3.05) is 13.6 Å². The van der Waals surface area contributed by atoms with Crippen molar-refractivity contribution < 1.29 is 0 Å². The minimum atomic E-state index is 0. The average molecular weight is 281 g/mol. The van der Waals surface area contributed by atoms with Crippen LogP contribution in [0, 0.1) is 12.3 Å². The number of hydrogen-bond donors (Lipinski definition) is 2. The fourth-order valence-electron chi connectivity index (χ4n) is 0.603. The molecule has 0 heterocycles. The Balaban J connectivity index is 0. The summed E-state index contributed by atoms with van der Waals surface area (Å²) < 4.78 is 0. The van der Waals surface area contributed by atoms with Crippen LogP contribution in [-0.2, 0) is 0 Å². The minimum Gasteiger partial charge on any atom is -0.354 e. The molecule has 0 aromatic carbocycles. The molecule has 0 saturated carbocycles. The molecule has 0 aromatic rings. The minimum absolute atomic E-state index is 0. The van der Waals surface area contributed by atoms with E-state index in [0.29, 0.717) is 12.6 Å². The van der Waals surface area contributed by atoms with Crippen LogP contribution in [0.2, 0.25) is 0 Å². The van der Waals surface area contributed by atoms with Crippen molar-refractivity contribution in [2.45, 2.75) is 19.9 Å². The third kappa shape index (κ3) is 7.66. The molecule has 0 spiro atoms. The fourth-order valence-corrected chi connectivity index (χ4v) is 0.603. The predicted molar refractivity (Wildman–Crippen MR) is 63.9 cm³/mol. The summed E-state index contributed by atoms with van der Waals surface area (Å²) in [5.74, 6) is 3.22. The second-order valence-electron chi connectivity index (χ2n) is 2.43. The number of halogens is 1. The summed E-state index contributed by atoms with van der Waals surface area (Å²) in [7, 11) is 1.72. The molecule has 0 radical (unpaired) electrons. The molecule has 0 aromatic heterocycles. The first-order valence-corrected chi connectivity index (χ1v) is 3.61. The maximum Gasteiger partial charge on any atom is 0.191 e. The zero-order valence-corrected chi connectivity index (χ0v) is 10.0. The zero-order chi connectivity index (χ0) is 8.69. The van der Waals surface area contributed by atoms with Gasteiger partial charge in [0, 0.05) is 13.1 Å². The highest BCUT2D eigenvalue weighted by Crippen LogP contribution is 1.75. The quantitative estimate of drug-likeness (QED) is 0.340. The van der Waals surface area contributed by atoms with Gasteiger partial charge in [-0.25, -0.2) is 0 Å². The van der Waals surface area contributed by atoms with Gasteiger partial charge < -0.3 is 10.6 Å². The van der Waals surface area contributed by atoms with Gasteiger partial charge >= 0.3 is 0 Å². The molecule has 0 aliphatic heterocycles. The standard InChI is InChI=1S/C8H15N3.HI/c1-5-6-10-8(9-4)11-7(2)3;/h1,7H,6H2,2-4H3,(H2,9,10,11);1H. The summed E-state index contributed by atoms with van der Waals surface area (Å²) in [6, 6.07) is 0.374. The predicted octanol–water partition coefficient (Wildman–Crippen LogP) is 0.811. The summed E-state index contributed by atoms with van der Waals surface area (Å²) in [4.78, 5) is 3.96. The molecule has 0 amide bonds. The molecule has 4 heteroatoms. The number of terminal acetylenes is 1. The Morgan fingerprint density at radius 3 is 2.50 bits per heavy atom. The van der Waals surface area contributed by atoms with Crippen LogP contribution in [0.4, 0.5) is 0 Å². The van der Waals surface area contributed by atoms with Gasteiger partial charge in [-0.2, -0.15) is 0 Å². The monoisotopic (exact) mass is 281 g/mol. The fraction of sp³-hybridized carbons (Fsp3) is 0.625.